The molecule has 9 heteroatoms. The molecule has 0 spiro atoms. The molecule has 0 atom stereocenters. The molecule has 1 heterocycles. The molecule has 1 rings (SSSR count). The molecule has 1 aromatic heterocycles. The quantitative estimate of drug-likeness (QED) is 0.359. The molecule has 9 nitrogen and oxygen atoms in total. The van der Waals surface area contributed by atoms with Crippen molar-refractivity contribution >= 4 is 23.2 Å². The van der Waals surface area contributed by atoms with Gasteiger partial charge in [-0.3, -0.25) is 14.9 Å². The predicted octanol–water partition coefficient (Wildman–Crippen LogP) is -0.485. The number of amides is 1. The molecule has 0 aliphatic carbocycles. The van der Waals surface area contributed by atoms with Crippen molar-refractivity contribution in [3.05, 3.63) is 16.4 Å². The van der Waals surface area contributed by atoms with Crippen molar-refractivity contribution in [2.24, 2.45) is 0 Å². The second kappa shape index (κ2) is 5.58. The molecule has 4 N–H and O–H groups in total. The summed E-state index contributed by atoms with van der Waals surface area (Å²) in [6, 6.07) is 0. The van der Waals surface area contributed by atoms with E-state index in [1.165, 1.54) is 6.92 Å². The number of nitrogens with one attached hydrogen (secondary N) is 2. The maximum Gasteiger partial charge on any atom is 0.352 e. The second-order valence-corrected chi connectivity index (χ2v) is 3.12. The first-order valence-electron chi connectivity index (χ1n) is 4.75. The number of nitrogens with two attached hydrogens (primary N) is 1. The summed E-state index contributed by atoms with van der Waals surface area (Å²) in [7, 11) is 0. The van der Waals surface area contributed by atoms with E-state index in [1.54, 1.807) is 0 Å². The van der Waals surface area contributed by atoms with E-state index in [2.05, 4.69) is 20.6 Å². The number of aromatic nitrogens is 2. The Morgan fingerprint density at radius 1 is 1.53 bits per heavy atom. The lowest BCUT2D eigenvalue weighted by atomic mass is 10.4. The van der Waals surface area contributed by atoms with Crippen LogP contribution in [0.2, 0.25) is 0 Å². The second-order valence-electron chi connectivity index (χ2n) is 3.12. The van der Waals surface area contributed by atoms with Crippen molar-refractivity contribution in [3.8, 4) is 0 Å². The molecule has 1 aromatic rings. The molecule has 17 heavy (non-hydrogen) atoms. The van der Waals surface area contributed by atoms with E-state index in [1.807, 2.05) is 0 Å². The summed E-state index contributed by atoms with van der Waals surface area (Å²) in [5.41, 5.74) is 5.01. The van der Waals surface area contributed by atoms with Gasteiger partial charge < -0.3 is 16.4 Å². The summed E-state index contributed by atoms with van der Waals surface area (Å²) in [4.78, 5) is 27.9. The zero-order valence-electron chi connectivity index (χ0n) is 9.14. The third-order valence-corrected chi connectivity index (χ3v) is 1.82. The van der Waals surface area contributed by atoms with E-state index in [0.29, 0.717) is 13.1 Å². The normalized spacial score (nSPS) is 9.71. The van der Waals surface area contributed by atoms with Crippen LogP contribution in [0.3, 0.4) is 0 Å². The predicted molar refractivity (Wildman–Crippen MR) is 60.3 cm³/mol. The average molecular weight is 240 g/mol. The van der Waals surface area contributed by atoms with E-state index >= 15 is 0 Å². The molecular weight excluding hydrogens is 228 g/mol. The molecular formula is C8H12N6O3. The van der Waals surface area contributed by atoms with Crippen LogP contribution in [0, 0.1) is 10.1 Å². The number of nitrogens with zero attached hydrogens (tertiary/aromatic N) is 3. The lowest BCUT2D eigenvalue weighted by Gasteiger charge is -2.06. The van der Waals surface area contributed by atoms with Crippen LogP contribution in [0.5, 0.6) is 0 Å². The van der Waals surface area contributed by atoms with Crippen LogP contribution in [0.15, 0.2) is 6.33 Å². The highest BCUT2D eigenvalue weighted by Gasteiger charge is 2.20. The lowest BCUT2D eigenvalue weighted by molar-refractivity contribution is -0.383. The van der Waals surface area contributed by atoms with Crippen molar-refractivity contribution < 1.29 is 9.72 Å². The molecule has 0 aliphatic rings. The van der Waals surface area contributed by atoms with Crippen LogP contribution < -0.4 is 16.4 Å². The Kier molecular flexibility index (Phi) is 4.14. The van der Waals surface area contributed by atoms with Gasteiger partial charge in [-0.05, 0) is 0 Å². The molecule has 1 amide bonds. The topological polar surface area (TPSA) is 136 Å². The smallest absolute Gasteiger partial charge is 0.352 e. The van der Waals surface area contributed by atoms with Crippen LogP contribution in [0.1, 0.15) is 6.92 Å². The van der Waals surface area contributed by atoms with Crippen molar-refractivity contribution in [2.45, 2.75) is 6.92 Å². The molecule has 0 bridgehead atoms. The highest BCUT2D eigenvalue weighted by Crippen LogP contribution is 2.25. The summed E-state index contributed by atoms with van der Waals surface area (Å²) < 4.78 is 0. The van der Waals surface area contributed by atoms with E-state index in [9.17, 15) is 14.9 Å². The molecule has 0 aliphatic heterocycles. The third kappa shape index (κ3) is 3.55. The Labute approximate surface area is 96.6 Å². The summed E-state index contributed by atoms with van der Waals surface area (Å²) >= 11 is 0. The standard InChI is InChI=1S/C8H12N6O3/c1-5(15)10-2-3-11-8-6(14(16)17)7(9)12-4-13-8/h4H,2-3H2,1H3,(H,10,15)(H3,9,11,12,13). The fraction of sp³-hybridized carbons (Fsp3) is 0.375. The lowest BCUT2D eigenvalue weighted by Crippen LogP contribution is -2.26. The Balaban J connectivity index is 2.67. The molecule has 0 radical (unpaired) electrons. The van der Waals surface area contributed by atoms with Gasteiger partial charge >= 0.3 is 5.69 Å². The number of carbonyl (C=O) groups excluding carboxylic acids is 1. The van der Waals surface area contributed by atoms with Crippen molar-refractivity contribution in [2.75, 3.05) is 24.1 Å². The molecule has 0 fully saturated rings. The Morgan fingerprint density at radius 2 is 2.24 bits per heavy atom. The largest absolute Gasteiger partial charge is 0.378 e. The first kappa shape index (κ1) is 12.6. The summed E-state index contributed by atoms with van der Waals surface area (Å²) in [5, 5.41) is 16.0. The molecule has 0 saturated carbocycles. The van der Waals surface area contributed by atoms with E-state index in [0.717, 1.165) is 6.33 Å². The highest BCUT2D eigenvalue weighted by atomic mass is 16.6. The van der Waals surface area contributed by atoms with Crippen LogP contribution in [-0.4, -0.2) is 33.9 Å². The number of nitrogen functional groups attached to an aromatic ring is 1. The molecule has 0 saturated heterocycles. The van der Waals surface area contributed by atoms with Crippen LogP contribution in [0.4, 0.5) is 17.3 Å². The Morgan fingerprint density at radius 3 is 2.82 bits per heavy atom. The number of rotatable bonds is 5. The number of hydrogen-bond donors (Lipinski definition) is 3. The molecule has 0 unspecified atom stereocenters. The van der Waals surface area contributed by atoms with E-state index < -0.39 is 4.92 Å². The zero-order chi connectivity index (χ0) is 12.8. The number of nitro groups is 1. The maximum absolute atomic E-state index is 10.7. The Hall–Kier alpha value is -2.45. The van der Waals surface area contributed by atoms with Crippen LogP contribution in [-0.2, 0) is 4.79 Å². The number of carbonyl (C=O) groups is 1. The van der Waals surface area contributed by atoms with Gasteiger partial charge in [0.05, 0.1) is 4.92 Å². The van der Waals surface area contributed by atoms with Gasteiger partial charge in [0.15, 0.2) is 0 Å². The maximum atomic E-state index is 10.7. The first-order chi connectivity index (χ1) is 8.02. The van der Waals surface area contributed by atoms with Gasteiger partial charge in [-0.15, -0.1) is 0 Å². The monoisotopic (exact) mass is 240 g/mol. The highest BCUT2D eigenvalue weighted by molar-refractivity contribution is 5.73. The zero-order valence-corrected chi connectivity index (χ0v) is 9.14. The van der Waals surface area contributed by atoms with E-state index in [-0.39, 0.29) is 23.2 Å². The SMILES string of the molecule is CC(=O)NCCNc1ncnc(N)c1[N+](=O)[O-]. The van der Waals surface area contributed by atoms with Crippen molar-refractivity contribution in [1.29, 1.82) is 0 Å². The molecule has 0 aromatic carbocycles. The van der Waals surface area contributed by atoms with Crippen molar-refractivity contribution in [3.63, 3.8) is 0 Å². The van der Waals surface area contributed by atoms with Gasteiger partial charge in [0.1, 0.15) is 6.33 Å². The first-order valence-corrected chi connectivity index (χ1v) is 4.75. The van der Waals surface area contributed by atoms with Gasteiger partial charge in [0.25, 0.3) is 0 Å². The van der Waals surface area contributed by atoms with Gasteiger partial charge in [-0.2, -0.15) is 0 Å². The Bertz CT molecular complexity index is 435. The van der Waals surface area contributed by atoms with Crippen molar-refractivity contribution in [1.82, 2.24) is 15.3 Å². The minimum Gasteiger partial charge on any atom is -0.378 e. The van der Waals surface area contributed by atoms with Gasteiger partial charge in [-0.25, -0.2) is 9.97 Å². The third-order valence-electron chi connectivity index (χ3n) is 1.82. The average Bonchev–Trinajstić information content (AvgIpc) is 2.23. The minimum absolute atomic E-state index is 0.0350. The van der Waals surface area contributed by atoms with Crippen LogP contribution in [0.25, 0.3) is 0 Å². The molecule has 92 valence electrons. The van der Waals surface area contributed by atoms with Crippen LogP contribution >= 0.6 is 0 Å². The fourth-order valence-corrected chi connectivity index (χ4v) is 1.12. The minimum atomic E-state index is -0.657. The van der Waals surface area contributed by atoms with E-state index in [4.69, 9.17) is 5.73 Å². The number of hydrogen-bond acceptors (Lipinski definition) is 7. The van der Waals surface area contributed by atoms with Gasteiger partial charge in [0.2, 0.25) is 17.5 Å². The summed E-state index contributed by atoms with van der Waals surface area (Å²) in [6.07, 6.45) is 1.13. The summed E-state index contributed by atoms with van der Waals surface area (Å²) in [6.45, 7) is 2.01. The summed E-state index contributed by atoms with van der Waals surface area (Å²) in [5.74, 6) is -0.344. The van der Waals surface area contributed by atoms with Gasteiger partial charge in [-0.1, -0.05) is 0 Å². The number of anilines is 2. The van der Waals surface area contributed by atoms with Gasteiger partial charge in [0, 0.05) is 20.0 Å². The fourth-order valence-electron chi connectivity index (χ4n) is 1.12.